The molecule has 1 aromatic heterocycles. The molecule has 33 heavy (non-hydrogen) atoms. The van der Waals surface area contributed by atoms with Gasteiger partial charge in [0, 0.05) is 5.41 Å². The van der Waals surface area contributed by atoms with Gasteiger partial charge in [0.1, 0.15) is 42.7 Å². The number of anilines is 1. The van der Waals surface area contributed by atoms with Crippen LogP contribution in [-0.2, 0) is 22.0 Å². The van der Waals surface area contributed by atoms with Crippen LogP contribution < -0.4 is 14.2 Å². The van der Waals surface area contributed by atoms with Crippen molar-refractivity contribution in [3.05, 3.63) is 71.1 Å². The Morgan fingerprint density at radius 1 is 1.15 bits per heavy atom. The van der Waals surface area contributed by atoms with Crippen LogP contribution in [0.15, 0.2) is 53.1 Å². The predicted molar refractivity (Wildman–Crippen MR) is 125 cm³/mol. The minimum atomic E-state index is -3.46. The Labute approximate surface area is 198 Å². The molecule has 0 aliphatic carbocycles. The van der Waals surface area contributed by atoms with Gasteiger partial charge < -0.3 is 13.9 Å². The Hall–Kier alpha value is -3.22. The number of rotatable bonds is 10. The summed E-state index contributed by atoms with van der Waals surface area (Å²) >= 11 is 5.67. The number of oxazole rings is 1. The Morgan fingerprint density at radius 2 is 1.85 bits per heavy atom. The van der Waals surface area contributed by atoms with Crippen LogP contribution in [0.3, 0.4) is 0 Å². The van der Waals surface area contributed by atoms with Crippen LogP contribution in [0.5, 0.6) is 11.5 Å². The third kappa shape index (κ3) is 6.40. The van der Waals surface area contributed by atoms with E-state index in [2.05, 4.69) is 29.6 Å². The number of sulfonamides is 1. The maximum absolute atomic E-state index is 11.2. The summed E-state index contributed by atoms with van der Waals surface area (Å²) in [6.45, 7) is 4.60. The fraction of sp³-hybridized carbons (Fsp3) is 0.304. The van der Waals surface area contributed by atoms with Gasteiger partial charge in [-0.15, -0.1) is 11.6 Å². The Balaban J connectivity index is 1.69. The van der Waals surface area contributed by atoms with E-state index in [1.54, 1.807) is 6.07 Å². The second-order valence-corrected chi connectivity index (χ2v) is 9.94. The first-order chi connectivity index (χ1) is 15.6. The van der Waals surface area contributed by atoms with E-state index in [4.69, 9.17) is 25.5 Å². The van der Waals surface area contributed by atoms with Crippen LogP contribution in [0.1, 0.15) is 36.2 Å². The van der Waals surface area contributed by atoms with Gasteiger partial charge in [0.15, 0.2) is 0 Å². The smallest absolute Gasteiger partial charge is 0.308 e. The number of aromatic nitrogens is 1. The molecule has 0 radical (unpaired) electrons. The lowest BCUT2D eigenvalue weighted by Crippen LogP contribution is -2.19. The maximum Gasteiger partial charge on any atom is 0.308 e. The molecule has 0 aliphatic heterocycles. The van der Waals surface area contributed by atoms with E-state index in [1.807, 2.05) is 36.4 Å². The molecule has 0 amide bonds. The van der Waals surface area contributed by atoms with Crippen LogP contribution in [0, 0.1) is 11.3 Å². The number of hydrogen-bond acceptors (Lipinski definition) is 7. The van der Waals surface area contributed by atoms with Crippen LogP contribution in [0.25, 0.3) is 0 Å². The number of nitrogens with zero attached hydrogens (tertiary/aromatic N) is 2. The molecule has 1 heterocycles. The highest BCUT2D eigenvalue weighted by atomic mass is 35.5. The summed E-state index contributed by atoms with van der Waals surface area (Å²) in [6.07, 6.45) is 2.35. The van der Waals surface area contributed by atoms with Gasteiger partial charge >= 0.3 is 6.01 Å². The van der Waals surface area contributed by atoms with Crippen molar-refractivity contribution in [2.24, 2.45) is 0 Å². The second-order valence-electron chi connectivity index (χ2n) is 7.82. The predicted octanol–water partition coefficient (Wildman–Crippen LogP) is 4.44. The van der Waals surface area contributed by atoms with Crippen LogP contribution in [-0.4, -0.2) is 32.1 Å². The monoisotopic (exact) mass is 489 g/mol. The maximum atomic E-state index is 11.2. The van der Waals surface area contributed by atoms with E-state index in [1.165, 1.54) is 6.26 Å². The van der Waals surface area contributed by atoms with E-state index >= 15 is 0 Å². The highest BCUT2D eigenvalue weighted by Crippen LogP contribution is 2.35. The third-order valence-electron chi connectivity index (χ3n) is 4.94. The summed E-state index contributed by atoms with van der Waals surface area (Å²) in [4.78, 5) is 4.02. The molecule has 1 N–H and O–H groups in total. The standard InChI is InChI=1S/C23H24ClN3O5S/c1-23(2,18-6-9-21(30-11-10-24)16(12-18)13-25)17-4-7-20(8-5-17)31-14-19-15-32-22(26-19)27-33(3,28)29/h4-9,12,15H,10-11,14H2,1-3H3,(H,26,27). The van der Waals surface area contributed by atoms with E-state index in [0.717, 1.165) is 17.4 Å². The van der Waals surface area contributed by atoms with Gasteiger partial charge in [-0.1, -0.05) is 32.0 Å². The van der Waals surface area contributed by atoms with Crippen molar-refractivity contribution < 1.29 is 22.3 Å². The summed E-state index contributed by atoms with van der Waals surface area (Å²) in [5.41, 5.74) is 2.55. The van der Waals surface area contributed by atoms with Crippen molar-refractivity contribution in [1.29, 1.82) is 5.26 Å². The van der Waals surface area contributed by atoms with Gasteiger partial charge in [0.25, 0.3) is 0 Å². The molecule has 0 saturated heterocycles. The third-order valence-corrected chi connectivity index (χ3v) is 5.64. The van der Waals surface area contributed by atoms with Gasteiger partial charge in [0.2, 0.25) is 10.0 Å². The number of halogens is 1. The SMILES string of the molecule is CC(C)(c1ccc(OCc2coc(NS(C)(=O)=O)n2)cc1)c1ccc(OCCCl)c(C#N)c1. The lowest BCUT2D eigenvalue weighted by atomic mass is 9.77. The molecule has 174 valence electrons. The quantitative estimate of drug-likeness (QED) is 0.418. The molecule has 0 aliphatic rings. The van der Waals surface area contributed by atoms with E-state index in [0.29, 0.717) is 35.2 Å². The summed E-state index contributed by atoms with van der Waals surface area (Å²) in [6, 6.07) is 15.3. The van der Waals surface area contributed by atoms with Crippen LogP contribution in [0.4, 0.5) is 6.01 Å². The molecule has 0 fully saturated rings. The van der Waals surface area contributed by atoms with Gasteiger partial charge in [-0.2, -0.15) is 10.2 Å². The summed E-state index contributed by atoms with van der Waals surface area (Å²) < 4.78 is 41.0. The Morgan fingerprint density at radius 3 is 2.48 bits per heavy atom. The lowest BCUT2D eigenvalue weighted by Gasteiger charge is -2.27. The van der Waals surface area contributed by atoms with Crippen molar-refractivity contribution >= 4 is 27.6 Å². The number of ether oxygens (including phenoxy) is 2. The van der Waals surface area contributed by atoms with E-state index < -0.39 is 10.0 Å². The summed E-state index contributed by atoms with van der Waals surface area (Å²) in [5, 5.41) is 9.50. The van der Waals surface area contributed by atoms with Crippen LogP contribution >= 0.6 is 11.6 Å². The number of hydrogen-bond donors (Lipinski definition) is 1. The number of alkyl halides is 1. The summed E-state index contributed by atoms with van der Waals surface area (Å²) in [7, 11) is -3.46. The van der Waals surface area contributed by atoms with Crippen molar-refractivity contribution in [1.82, 2.24) is 4.98 Å². The topological polar surface area (TPSA) is 114 Å². The van der Waals surface area contributed by atoms with E-state index in [-0.39, 0.29) is 18.0 Å². The first-order valence-electron chi connectivity index (χ1n) is 10.0. The number of benzene rings is 2. The first-order valence-corrected chi connectivity index (χ1v) is 12.4. The normalized spacial score (nSPS) is 11.6. The molecular weight excluding hydrogens is 466 g/mol. The first kappa shape index (κ1) is 24.4. The molecule has 0 spiro atoms. The van der Waals surface area contributed by atoms with Crippen molar-refractivity contribution in [3.8, 4) is 17.6 Å². The number of nitriles is 1. The zero-order chi connectivity index (χ0) is 24.1. The number of nitrogens with one attached hydrogen (secondary N) is 1. The molecule has 8 nitrogen and oxygen atoms in total. The Kier molecular flexibility index (Phi) is 7.51. The molecule has 0 unspecified atom stereocenters. The Bertz CT molecular complexity index is 1250. The molecule has 0 saturated carbocycles. The van der Waals surface area contributed by atoms with Gasteiger partial charge in [0.05, 0.1) is 17.7 Å². The molecule has 10 heteroatoms. The molecule has 2 aromatic carbocycles. The van der Waals surface area contributed by atoms with E-state index in [9.17, 15) is 13.7 Å². The zero-order valence-electron chi connectivity index (χ0n) is 18.5. The van der Waals surface area contributed by atoms with Crippen LogP contribution in [0.2, 0.25) is 0 Å². The van der Waals surface area contributed by atoms with Gasteiger partial charge in [-0.05, 0) is 35.4 Å². The van der Waals surface area contributed by atoms with Crippen molar-refractivity contribution in [2.45, 2.75) is 25.9 Å². The second kappa shape index (κ2) is 10.1. The molecule has 0 atom stereocenters. The average Bonchev–Trinajstić information content (AvgIpc) is 3.21. The fourth-order valence-electron chi connectivity index (χ4n) is 3.15. The van der Waals surface area contributed by atoms with Crippen molar-refractivity contribution in [2.75, 3.05) is 23.5 Å². The highest BCUT2D eigenvalue weighted by Gasteiger charge is 2.24. The van der Waals surface area contributed by atoms with Gasteiger partial charge in [-0.25, -0.2) is 13.1 Å². The molecule has 3 rings (SSSR count). The van der Waals surface area contributed by atoms with Crippen molar-refractivity contribution in [3.63, 3.8) is 0 Å². The largest absolute Gasteiger partial charge is 0.491 e. The molecule has 3 aromatic rings. The average molecular weight is 490 g/mol. The zero-order valence-corrected chi connectivity index (χ0v) is 20.0. The highest BCUT2D eigenvalue weighted by molar-refractivity contribution is 7.91. The minimum Gasteiger partial charge on any atom is -0.491 e. The molecular formula is C23H24ClN3O5S. The molecule has 0 bridgehead atoms. The summed E-state index contributed by atoms with van der Waals surface area (Å²) in [5.74, 6) is 1.49. The minimum absolute atomic E-state index is 0.107. The fourth-order valence-corrected chi connectivity index (χ4v) is 3.64. The van der Waals surface area contributed by atoms with Gasteiger partial charge in [-0.3, -0.25) is 0 Å². The lowest BCUT2D eigenvalue weighted by molar-refractivity contribution is 0.301.